The molecule has 1 rings (SSSR count). The first-order valence-corrected chi connectivity index (χ1v) is 8.64. The quantitative estimate of drug-likeness (QED) is 0.754. The highest BCUT2D eigenvalue weighted by molar-refractivity contribution is 5.87. The molecular weight excluding hydrogens is 323 g/mol. The lowest BCUT2D eigenvalue weighted by atomic mass is 9.83. The fraction of sp³-hybridized carbons (Fsp3) is 0.579. The van der Waals surface area contributed by atoms with Crippen molar-refractivity contribution in [2.45, 2.75) is 52.5 Å². The maximum Gasteiger partial charge on any atom is 0.407 e. The van der Waals surface area contributed by atoms with E-state index in [0.717, 1.165) is 12.0 Å². The molecule has 0 bridgehead atoms. The van der Waals surface area contributed by atoms with Crippen molar-refractivity contribution < 1.29 is 18.7 Å². The Bertz CT molecular complexity index is 571. The van der Waals surface area contributed by atoms with Crippen LogP contribution in [0.5, 0.6) is 0 Å². The van der Waals surface area contributed by atoms with Crippen molar-refractivity contribution in [2.75, 3.05) is 13.2 Å². The number of hydrogen-bond donors (Lipinski definition) is 2. The number of hydrogen-bond acceptors (Lipinski definition) is 3. The minimum Gasteiger partial charge on any atom is -0.450 e. The van der Waals surface area contributed by atoms with E-state index in [4.69, 9.17) is 4.74 Å². The molecule has 1 atom stereocenters. The van der Waals surface area contributed by atoms with Crippen molar-refractivity contribution in [3.05, 3.63) is 35.6 Å². The van der Waals surface area contributed by atoms with Gasteiger partial charge in [0.15, 0.2) is 0 Å². The molecule has 6 heteroatoms. The summed E-state index contributed by atoms with van der Waals surface area (Å²) in [4.78, 5) is 24.3. The molecule has 1 unspecified atom stereocenters. The van der Waals surface area contributed by atoms with E-state index in [-0.39, 0.29) is 17.8 Å². The highest BCUT2D eigenvalue weighted by atomic mass is 19.1. The minimum absolute atomic E-state index is 0.182. The Hall–Kier alpha value is -2.11. The van der Waals surface area contributed by atoms with Crippen LogP contribution in [0.25, 0.3) is 0 Å². The van der Waals surface area contributed by atoms with E-state index in [1.165, 1.54) is 12.1 Å². The molecule has 0 aliphatic heterocycles. The van der Waals surface area contributed by atoms with Gasteiger partial charge in [0.05, 0.1) is 12.0 Å². The number of carbonyl (C=O) groups is 2. The summed E-state index contributed by atoms with van der Waals surface area (Å²) in [5.74, 6) is -0.164. The lowest BCUT2D eigenvalue weighted by molar-refractivity contribution is -0.125. The average Bonchev–Trinajstić information content (AvgIpc) is 2.52. The molecular formula is C19H29FN2O3. The molecule has 0 spiro atoms. The molecule has 1 aromatic rings. The van der Waals surface area contributed by atoms with Gasteiger partial charge in [0.2, 0.25) is 5.91 Å². The molecule has 0 heterocycles. The third-order valence-electron chi connectivity index (χ3n) is 4.00. The van der Waals surface area contributed by atoms with E-state index in [9.17, 15) is 14.0 Å². The Balaban J connectivity index is 2.71. The summed E-state index contributed by atoms with van der Waals surface area (Å²) in [5.41, 5.74) is -0.0785. The Labute approximate surface area is 149 Å². The molecule has 2 amide bonds. The molecule has 0 saturated heterocycles. The second kappa shape index (κ2) is 9.39. The average molecular weight is 352 g/mol. The molecule has 0 aromatic heterocycles. The third kappa shape index (κ3) is 6.72. The number of alkyl carbamates (subject to hydrolysis) is 1. The van der Waals surface area contributed by atoms with Gasteiger partial charge in [-0.2, -0.15) is 0 Å². The SMILES string of the molecule is CCOC(=O)NC(CNC(=O)C(C)(C)c1ccc(F)cc1)CC(C)C. The lowest BCUT2D eigenvalue weighted by Gasteiger charge is -2.27. The molecule has 25 heavy (non-hydrogen) atoms. The van der Waals surface area contributed by atoms with Gasteiger partial charge >= 0.3 is 6.09 Å². The van der Waals surface area contributed by atoms with Gasteiger partial charge in [-0.15, -0.1) is 0 Å². The van der Waals surface area contributed by atoms with E-state index in [1.807, 2.05) is 13.8 Å². The van der Waals surface area contributed by atoms with Gasteiger partial charge in [-0.25, -0.2) is 9.18 Å². The summed E-state index contributed by atoms with van der Waals surface area (Å²) in [5, 5.41) is 5.66. The minimum atomic E-state index is -0.806. The van der Waals surface area contributed by atoms with Gasteiger partial charge in [0, 0.05) is 12.6 Å². The maximum absolute atomic E-state index is 13.1. The van der Waals surface area contributed by atoms with Gasteiger partial charge in [0.25, 0.3) is 0 Å². The Morgan fingerprint density at radius 2 is 1.80 bits per heavy atom. The van der Waals surface area contributed by atoms with Crippen LogP contribution >= 0.6 is 0 Å². The van der Waals surface area contributed by atoms with Crippen molar-refractivity contribution in [3.8, 4) is 0 Å². The van der Waals surface area contributed by atoms with Crippen LogP contribution in [0.3, 0.4) is 0 Å². The first-order valence-electron chi connectivity index (χ1n) is 8.64. The number of nitrogens with one attached hydrogen (secondary N) is 2. The van der Waals surface area contributed by atoms with Crippen molar-refractivity contribution in [3.63, 3.8) is 0 Å². The summed E-state index contributed by atoms with van der Waals surface area (Å²) >= 11 is 0. The first-order chi connectivity index (χ1) is 11.7. The van der Waals surface area contributed by atoms with E-state index in [1.54, 1.807) is 32.9 Å². The monoisotopic (exact) mass is 352 g/mol. The van der Waals surface area contributed by atoms with E-state index in [0.29, 0.717) is 19.1 Å². The molecule has 0 fully saturated rings. The van der Waals surface area contributed by atoms with Crippen LogP contribution in [0.15, 0.2) is 24.3 Å². The van der Waals surface area contributed by atoms with Crippen LogP contribution in [0.1, 0.15) is 46.6 Å². The number of halogens is 1. The standard InChI is InChI=1S/C19H29FN2O3/c1-6-25-18(24)22-16(11-13(2)3)12-21-17(23)19(4,5)14-7-9-15(20)10-8-14/h7-10,13,16H,6,11-12H2,1-5H3,(H,21,23)(H,22,24). The van der Waals surface area contributed by atoms with Crippen molar-refractivity contribution in [1.82, 2.24) is 10.6 Å². The van der Waals surface area contributed by atoms with Gasteiger partial charge in [-0.1, -0.05) is 26.0 Å². The number of rotatable bonds is 8. The van der Waals surface area contributed by atoms with Crippen LogP contribution in [0.4, 0.5) is 9.18 Å². The molecule has 0 saturated carbocycles. The topological polar surface area (TPSA) is 67.4 Å². The van der Waals surface area contributed by atoms with Gasteiger partial charge in [0.1, 0.15) is 5.82 Å². The van der Waals surface area contributed by atoms with Crippen molar-refractivity contribution in [2.24, 2.45) is 5.92 Å². The summed E-state index contributed by atoms with van der Waals surface area (Å²) in [7, 11) is 0. The smallest absolute Gasteiger partial charge is 0.407 e. The fourth-order valence-corrected chi connectivity index (χ4v) is 2.54. The van der Waals surface area contributed by atoms with Crippen LogP contribution in [0, 0.1) is 11.7 Å². The maximum atomic E-state index is 13.1. The van der Waals surface area contributed by atoms with Crippen LogP contribution < -0.4 is 10.6 Å². The number of benzene rings is 1. The molecule has 5 nitrogen and oxygen atoms in total. The fourth-order valence-electron chi connectivity index (χ4n) is 2.54. The summed E-state index contributed by atoms with van der Waals surface area (Å²) in [6.45, 7) is 10.0. The number of ether oxygens (including phenoxy) is 1. The Morgan fingerprint density at radius 1 is 1.20 bits per heavy atom. The van der Waals surface area contributed by atoms with E-state index in [2.05, 4.69) is 10.6 Å². The zero-order valence-electron chi connectivity index (χ0n) is 15.7. The van der Waals surface area contributed by atoms with Gasteiger partial charge in [-0.3, -0.25) is 4.79 Å². The second-order valence-corrected chi connectivity index (χ2v) is 7.03. The van der Waals surface area contributed by atoms with Crippen LogP contribution in [0.2, 0.25) is 0 Å². The number of amides is 2. The van der Waals surface area contributed by atoms with E-state index < -0.39 is 11.5 Å². The van der Waals surface area contributed by atoms with Crippen LogP contribution in [-0.4, -0.2) is 31.2 Å². The number of carbonyl (C=O) groups excluding carboxylic acids is 2. The van der Waals surface area contributed by atoms with Crippen LogP contribution in [-0.2, 0) is 14.9 Å². The molecule has 0 aliphatic carbocycles. The Morgan fingerprint density at radius 3 is 2.32 bits per heavy atom. The Kier molecular flexibility index (Phi) is 7.87. The highest BCUT2D eigenvalue weighted by Crippen LogP contribution is 2.23. The summed E-state index contributed by atoms with van der Waals surface area (Å²) in [6, 6.07) is 5.68. The lowest BCUT2D eigenvalue weighted by Crippen LogP contribution is -2.48. The normalized spacial score (nSPS) is 12.6. The van der Waals surface area contributed by atoms with Crippen molar-refractivity contribution >= 4 is 12.0 Å². The van der Waals surface area contributed by atoms with Gasteiger partial charge < -0.3 is 15.4 Å². The van der Waals surface area contributed by atoms with E-state index >= 15 is 0 Å². The highest BCUT2D eigenvalue weighted by Gasteiger charge is 2.30. The molecule has 1 aromatic carbocycles. The van der Waals surface area contributed by atoms with Gasteiger partial charge in [-0.05, 0) is 50.8 Å². The molecule has 0 radical (unpaired) electrons. The molecule has 2 N–H and O–H groups in total. The molecule has 140 valence electrons. The summed E-state index contributed by atoms with van der Waals surface area (Å²) in [6.07, 6.45) is 0.232. The summed E-state index contributed by atoms with van der Waals surface area (Å²) < 4.78 is 18.0. The zero-order valence-corrected chi connectivity index (χ0v) is 15.7. The zero-order chi connectivity index (χ0) is 19.0. The predicted octanol–water partition coefficient (Wildman–Crippen LogP) is 3.38. The largest absolute Gasteiger partial charge is 0.450 e. The third-order valence-corrected chi connectivity index (χ3v) is 4.00. The molecule has 0 aliphatic rings. The van der Waals surface area contributed by atoms with Crippen molar-refractivity contribution in [1.29, 1.82) is 0 Å². The predicted molar refractivity (Wildman–Crippen MR) is 95.8 cm³/mol. The second-order valence-electron chi connectivity index (χ2n) is 7.03. The first kappa shape index (κ1) is 20.9.